The third-order valence-corrected chi connectivity index (χ3v) is 4.94. The Hall–Kier alpha value is -3.06. The molecule has 1 aromatic heterocycles. The van der Waals surface area contributed by atoms with E-state index in [0.717, 1.165) is 36.1 Å². The van der Waals surface area contributed by atoms with Crippen LogP contribution in [-0.2, 0) is 11.2 Å². The summed E-state index contributed by atoms with van der Waals surface area (Å²) < 4.78 is 16.0. The standard InChI is InChI=1S/C23H26ClN3O4/c1-16-14-18(24)9-12-20(16)30-15-21(28)25-13-5-3-4-6-22-26-23(27-31-22)17-7-10-19(29-2)11-8-17/h7-12,14H,3-6,13,15H2,1-2H3,(H,25,28). The Bertz CT molecular complexity index is 989. The zero-order valence-corrected chi connectivity index (χ0v) is 18.4. The van der Waals surface area contributed by atoms with E-state index in [1.165, 1.54) is 0 Å². The number of amides is 1. The van der Waals surface area contributed by atoms with Crippen molar-refractivity contribution in [1.29, 1.82) is 0 Å². The van der Waals surface area contributed by atoms with E-state index in [0.29, 0.717) is 35.5 Å². The Kier molecular flexibility index (Phi) is 8.29. The summed E-state index contributed by atoms with van der Waals surface area (Å²) in [7, 11) is 1.63. The highest BCUT2D eigenvalue weighted by Gasteiger charge is 2.09. The monoisotopic (exact) mass is 443 g/mol. The molecule has 0 bridgehead atoms. The first-order valence-electron chi connectivity index (χ1n) is 10.2. The van der Waals surface area contributed by atoms with E-state index in [1.54, 1.807) is 25.3 Å². The van der Waals surface area contributed by atoms with Crippen molar-refractivity contribution >= 4 is 17.5 Å². The lowest BCUT2D eigenvalue weighted by Crippen LogP contribution is -2.29. The van der Waals surface area contributed by atoms with Crippen LogP contribution in [0.25, 0.3) is 11.4 Å². The van der Waals surface area contributed by atoms with E-state index in [9.17, 15) is 4.79 Å². The van der Waals surface area contributed by atoms with E-state index >= 15 is 0 Å². The molecule has 0 aliphatic heterocycles. The number of aryl methyl sites for hydroxylation is 2. The molecule has 0 atom stereocenters. The Morgan fingerprint density at radius 3 is 2.68 bits per heavy atom. The van der Waals surface area contributed by atoms with Gasteiger partial charge in [-0.05, 0) is 67.8 Å². The molecule has 1 amide bonds. The molecule has 0 aliphatic rings. The van der Waals surface area contributed by atoms with Crippen LogP contribution in [0.2, 0.25) is 5.02 Å². The molecular weight excluding hydrogens is 418 g/mol. The number of ether oxygens (including phenoxy) is 2. The van der Waals surface area contributed by atoms with Gasteiger partial charge in [0, 0.05) is 23.6 Å². The summed E-state index contributed by atoms with van der Waals surface area (Å²) in [6, 6.07) is 12.8. The molecule has 8 heteroatoms. The summed E-state index contributed by atoms with van der Waals surface area (Å²) in [5.41, 5.74) is 1.78. The lowest BCUT2D eigenvalue weighted by atomic mass is 10.2. The summed E-state index contributed by atoms with van der Waals surface area (Å²) in [6.45, 7) is 2.48. The fourth-order valence-corrected chi connectivity index (χ4v) is 3.22. The Morgan fingerprint density at radius 2 is 1.94 bits per heavy atom. The first-order valence-corrected chi connectivity index (χ1v) is 10.6. The maximum atomic E-state index is 11.9. The first-order chi connectivity index (χ1) is 15.0. The zero-order chi connectivity index (χ0) is 22.1. The molecule has 0 spiro atoms. The third-order valence-electron chi connectivity index (χ3n) is 4.70. The molecule has 0 saturated carbocycles. The van der Waals surface area contributed by atoms with Gasteiger partial charge >= 0.3 is 0 Å². The minimum Gasteiger partial charge on any atom is -0.497 e. The number of aromatic nitrogens is 2. The van der Waals surface area contributed by atoms with Crippen LogP contribution in [0, 0.1) is 6.92 Å². The van der Waals surface area contributed by atoms with Crippen LogP contribution >= 0.6 is 11.6 Å². The number of hydrogen-bond acceptors (Lipinski definition) is 6. The van der Waals surface area contributed by atoms with Gasteiger partial charge in [-0.1, -0.05) is 23.2 Å². The van der Waals surface area contributed by atoms with Gasteiger partial charge in [-0.15, -0.1) is 0 Å². The maximum Gasteiger partial charge on any atom is 0.257 e. The van der Waals surface area contributed by atoms with Crippen molar-refractivity contribution < 1.29 is 18.8 Å². The highest BCUT2D eigenvalue weighted by atomic mass is 35.5. The van der Waals surface area contributed by atoms with Crippen molar-refractivity contribution in [2.45, 2.75) is 32.6 Å². The average molecular weight is 444 g/mol. The van der Waals surface area contributed by atoms with Gasteiger partial charge in [-0.25, -0.2) is 0 Å². The van der Waals surface area contributed by atoms with Crippen molar-refractivity contribution in [1.82, 2.24) is 15.5 Å². The summed E-state index contributed by atoms with van der Waals surface area (Å²) in [6.07, 6.45) is 3.42. The smallest absolute Gasteiger partial charge is 0.257 e. The maximum absolute atomic E-state index is 11.9. The van der Waals surface area contributed by atoms with Gasteiger partial charge in [0.05, 0.1) is 7.11 Å². The molecule has 0 fully saturated rings. The van der Waals surface area contributed by atoms with Crippen molar-refractivity contribution in [2.24, 2.45) is 0 Å². The summed E-state index contributed by atoms with van der Waals surface area (Å²) in [4.78, 5) is 16.4. The predicted octanol–water partition coefficient (Wildman–Crippen LogP) is 4.62. The Balaban J connectivity index is 1.30. The number of hydrogen-bond donors (Lipinski definition) is 1. The molecule has 1 N–H and O–H groups in total. The van der Waals surface area contributed by atoms with Gasteiger partial charge < -0.3 is 19.3 Å². The fraction of sp³-hybridized carbons (Fsp3) is 0.348. The zero-order valence-electron chi connectivity index (χ0n) is 17.7. The van der Waals surface area contributed by atoms with Crippen molar-refractivity contribution in [3.8, 4) is 22.9 Å². The minimum atomic E-state index is -0.143. The van der Waals surface area contributed by atoms with E-state index < -0.39 is 0 Å². The van der Waals surface area contributed by atoms with Gasteiger partial charge in [0.2, 0.25) is 11.7 Å². The van der Waals surface area contributed by atoms with Crippen molar-refractivity contribution in [3.05, 3.63) is 58.9 Å². The van der Waals surface area contributed by atoms with Crippen LogP contribution in [0.1, 0.15) is 30.7 Å². The van der Waals surface area contributed by atoms with E-state index in [1.807, 2.05) is 31.2 Å². The number of unbranched alkanes of at least 4 members (excludes halogenated alkanes) is 2. The Labute approximate surface area is 186 Å². The topological polar surface area (TPSA) is 86.5 Å². The van der Waals surface area contributed by atoms with Crippen LogP contribution in [-0.4, -0.2) is 36.3 Å². The fourth-order valence-electron chi connectivity index (χ4n) is 2.99. The van der Waals surface area contributed by atoms with E-state index in [2.05, 4.69) is 15.5 Å². The molecule has 164 valence electrons. The largest absolute Gasteiger partial charge is 0.497 e. The second-order valence-electron chi connectivity index (χ2n) is 7.10. The predicted molar refractivity (Wildman–Crippen MR) is 119 cm³/mol. The second kappa shape index (κ2) is 11.4. The van der Waals surface area contributed by atoms with Crippen LogP contribution in [0.15, 0.2) is 47.0 Å². The van der Waals surface area contributed by atoms with Gasteiger partial charge in [0.25, 0.3) is 5.91 Å². The quantitative estimate of drug-likeness (QED) is 0.435. The normalized spacial score (nSPS) is 10.7. The molecule has 1 heterocycles. The lowest BCUT2D eigenvalue weighted by molar-refractivity contribution is -0.123. The van der Waals surface area contributed by atoms with Gasteiger partial charge in [-0.3, -0.25) is 4.79 Å². The molecule has 0 aliphatic carbocycles. The number of nitrogens with zero attached hydrogens (tertiary/aromatic N) is 2. The van der Waals surface area contributed by atoms with Crippen LogP contribution in [0.3, 0.4) is 0 Å². The molecule has 0 saturated heterocycles. The summed E-state index contributed by atoms with van der Waals surface area (Å²) in [5.74, 6) is 2.48. The number of carbonyl (C=O) groups is 1. The van der Waals surface area contributed by atoms with Gasteiger partial charge in [0.15, 0.2) is 6.61 Å². The summed E-state index contributed by atoms with van der Waals surface area (Å²) >= 11 is 5.92. The average Bonchev–Trinajstić information content (AvgIpc) is 3.24. The van der Waals surface area contributed by atoms with Gasteiger partial charge in [0.1, 0.15) is 11.5 Å². The summed E-state index contributed by atoms with van der Waals surface area (Å²) in [5, 5.41) is 7.54. The molecule has 3 rings (SSSR count). The highest BCUT2D eigenvalue weighted by Crippen LogP contribution is 2.22. The molecular formula is C23H26ClN3O4. The number of nitrogens with one attached hydrogen (secondary N) is 1. The first kappa shape index (κ1) is 22.6. The number of halogens is 1. The molecule has 3 aromatic rings. The minimum absolute atomic E-state index is 0.0153. The number of methoxy groups -OCH3 is 1. The Morgan fingerprint density at radius 1 is 1.13 bits per heavy atom. The van der Waals surface area contributed by atoms with Crippen molar-refractivity contribution in [3.63, 3.8) is 0 Å². The number of carbonyl (C=O) groups excluding carboxylic acids is 1. The van der Waals surface area contributed by atoms with Crippen LogP contribution in [0.5, 0.6) is 11.5 Å². The van der Waals surface area contributed by atoms with Gasteiger partial charge in [-0.2, -0.15) is 4.98 Å². The van der Waals surface area contributed by atoms with Crippen molar-refractivity contribution in [2.75, 3.05) is 20.3 Å². The molecule has 2 aromatic carbocycles. The lowest BCUT2D eigenvalue weighted by Gasteiger charge is -2.09. The highest BCUT2D eigenvalue weighted by molar-refractivity contribution is 6.30. The number of rotatable bonds is 11. The van der Waals surface area contributed by atoms with E-state index in [-0.39, 0.29) is 12.5 Å². The SMILES string of the molecule is COc1ccc(-c2noc(CCCCCNC(=O)COc3ccc(Cl)cc3C)n2)cc1. The van der Waals surface area contributed by atoms with Crippen LogP contribution in [0.4, 0.5) is 0 Å². The molecule has 0 unspecified atom stereocenters. The van der Waals surface area contributed by atoms with Crippen LogP contribution < -0.4 is 14.8 Å². The third kappa shape index (κ3) is 7.00. The van der Waals surface area contributed by atoms with E-state index in [4.69, 9.17) is 25.6 Å². The molecule has 7 nitrogen and oxygen atoms in total. The number of benzene rings is 2. The second-order valence-corrected chi connectivity index (χ2v) is 7.54. The molecule has 31 heavy (non-hydrogen) atoms. The molecule has 0 radical (unpaired) electrons.